The Morgan fingerprint density at radius 2 is 1.62 bits per heavy atom. The fourth-order valence-electron chi connectivity index (χ4n) is 3.62. The predicted octanol–water partition coefficient (Wildman–Crippen LogP) is 4.76. The number of ketones is 1. The molecule has 1 saturated heterocycles. The molecule has 29 heavy (non-hydrogen) atoms. The number of aliphatic hydroxyl groups excluding tert-OH is 1. The first-order chi connectivity index (χ1) is 14.0. The summed E-state index contributed by atoms with van der Waals surface area (Å²) >= 11 is 0. The van der Waals surface area contributed by atoms with Gasteiger partial charge in [-0.1, -0.05) is 60.7 Å². The zero-order valence-corrected chi connectivity index (χ0v) is 15.7. The number of anilines is 1. The first-order valence-corrected chi connectivity index (χ1v) is 9.16. The van der Waals surface area contributed by atoms with Crippen LogP contribution in [0.3, 0.4) is 0 Å². The van der Waals surface area contributed by atoms with E-state index in [-0.39, 0.29) is 16.9 Å². The van der Waals surface area contributed by atoms with Gasteiger partial charge in [-0.25, -0.2) is 4.39 Å². The standard InChI is InChI=1S/C24H18FNO3/c1-15-8-7-11-17(14-15)26-21(18-12-5-6-13-19(18)25)20(23(28)24(26)29)22(27)16-9-3-2-4-10-16/h2-14,21,27H,1H3/b22-20+. The van der Waals surface area contributed by atoms with E-state index in [9.17, 15) is 19.1 Å². The van der Waals surface area contributed by atoms with Crippen molar-refractivity contribution in [1.82, 2.24) is 0 Å². The molecule has 1 unspecified atom stereocenters. The van der Waals surface area contributed by atoms with Gasteiger partial charge in [0.1, 0.15) is 11.6 Å². The Kier molecular flexibility index (Phi) is 4.72. The van der Waals surface area contributed by atoms with Gasteiger partial charge in [-0.05, 0) is 30.7 Å². The van der Waals surface area contributed by atoms with Gasteiger partial charge in [0.05, 0.1) is 11.6 Å². The highest BCUT2D eigenvalue weighted by molar-refractivity contribution is 6.51. The summed E-state index contributed by atoms with van der Waals surface area (Å²) in [6.07, 6.45) is 0. The maximum absolute atomic E-state index is 14.7. The minimum absolute atomic E-state index is 0.132. The van der Waals surface area contributed by atoms with Crippen molar-refractivity contribution in [2.45, 2.75) is 13.0 Å². The monoisotopic (exact) mass is 387 g/mol. The van der Waals surface area contributed by atoms with E-state index in [0.717, 1.165) is 5.56 Å². The number of benzene rings is 3. The Morgan fingerprint density at radius 1 is 0.931 bits per heavy atom. The molecule has 3 aromatic rings. The van der Waals surface area contributed by atoms with Crippen molar-refractivity contribution in [1.29, 1.82) is 0 Å². The average molecular weight is 387 g/mol. The number of aliphatic hydroxyl groups is 1. The summed E-state index contributed by atoms with van der Waals surface area (Å²) in [5, 5.41) is 10.9. The van der Waals surface area contributed by atoms with Gasteiger partial charge < -0.3 is 5.11 Å². The lowest BCUT2D eigenvalue weighted by molar-refractivity contribution is -0.132. The van der Waals surface area contributed by atoms with Crippen molar-refractivity contribution in [2.24, 2.45) is 0 Å². The van der Waals surface area contributed by atoms with Crippen molar-refractivity contribution in [3.8, 4) is 0 Å². The van der Waals surface area contributed by atoms with Crippen LogP contribution in [0.15, 0.2) is 84.4 Å². The van der Waals surface area contributed by atoms with Crippen molar-refractivity contribution in [2.75, 3.05) is 4.90 Å². The molecule has 1 N–H and O–H groups in total. The summed E-state index contributed by atoms with van der Waals surface area (Å²) in [6, 6.07) is 20.4. The third-order valence-electron chi connectivity index (χ3n) is 4.97. The molecule has 1 aliphatic heterocycles. The lowest BCUT2D eigenvalue weighted by Crippen LogP contribution is -2.29. The Labute approximate surface area is 167 Å². The highest BCUT2D eigenvalue weighted by Gasteiger charge is 2.47. The third kappa shape index (κ3) is 3.21. The summed E-state index contributed by atoms with van der Waals surface area (Å²) in [5.74, 6) is -2.54. The number of aryl methyl sites for hydroxylation is 1. The molecular weight excluding hydrogens is 369 g/mol. The van der Waals surface area contributed by atoms with E-state index in [2.05, 4.69) is 0 Å². The lowest BCUT2D eigenvalue weighted by atomic mass is 9.94. The van der Waals surface area contributed by atoms with E-state index in [1.165, 1.54) is 23.1 Å². The number of hydrogen-bond donors (Lipinski definition) is 1. The molecule has 4 nitrogen and oxygen atoms in total. The Hall–Kier alpha value is -3.73. The van der Waals surface area contributed by atoms with Crippen LogP contribution in [0.2, 0.25) is 0 Å². The van der Waals surface area contributed by atoms with E-state index in [1.54, 1.807) is 54.6 Å². The van der Waals surface area contributed by atoms with Gasteiger partial charge in [0.15, 0.2) is 0 Å². The number of carbonyl (C=O) groups excluding carboxylic acids is 2. The molecule has 5 heteroatoms. The second kappa shape index (κ2) is 7.36. The molecule has 144 valence electrons. The quantitative estimate of drug-likeness (QED) is 0.400. The molecule has 1 atom stereocenters. The lowest BCUT2D eigenvalue weighted by Gasteiger charge is -2.26. The van der Waals surface area contributed by atoms with Gasteiger partial charge in [-0.15, -0.1) is 0 Å². The summed E-state index contributed by atoms with van der Waals surface area (Å²) in [6.45, 7) is 1.86. The number of halogens is 1. The number of hydrogen-bond acceptors (Lipinski definition) is 3. The highest BCUT2D eigenvalue weighted by atomic mass is 19.1. The maximum atomic E-state index is 14.7. The SMILES string of the molecule is Cc1cccc(N2C(=O)C(=O)/C(=C(/O)c3ccccc3)C2c2ccccc2F)c1. The number of Topliss-reactive ketones (excluding diaryl/α,β-unsaturated/α-hetero) is 1. The molecule has 0 aromatic heterocycles. The minimum Gasteiger partial charge on any atom is -0.507 e. The zero-order valence-electron chi connectivity index (χ0n) is 15.7. The van der Waals surface area contributed by atoms with E-state index in [4.69, 9.17) is 0 Å². The summed E-state index contributed by atoms with van der Waals surface area (Å²) in [4.78, 5) is 27.2. The van der Waals surface area contributed by atoms with Crippen LogP contribution in [0, 0.1) is 12.7 Å². The molecule has 1 fully saturated rings. The predicted molar refractivity (Wildman–Crippen MR) is 109 cm³/mol. The van der Waals surface area contributed by atoms with Crippen molar-refractivity contribution in [3.63, 3.8) is 0 Å². The molecule has 0 aliphatic carbocycles. The first-order valence-electron chi connectivity index (χ1n) is 9.16. The summed E-state index contributed by atoms with van der Waals surface area (Å²) in [5.41, 5.74) is 1.75. The third-order valence-corrected chi connectivity index (χ3v) is 4.97. The average Bonchev–Trinajstić information content (AvgIpc) is 2.99. The van der Waals surface area contributed by atoms with Crippen molar-refractivity contribution in [3.05, 3.63) is 107 Å². The smallest absolute Gasteiger partial charge is 0.300 e. The Balaban J connectivity index is 1.99. The fraction of sp³-hybridized carbons (Fsp3) is 0.0833. The zero-order chi connectivity index (χ0) is 20.5. The molecule has 0 saturated carbocycles. The van der Waals surface area contributed by atoms with Crippen LogP contribution in [-0.2, 0) is 9.59 Å². The van der Waals surface area contributed by atoms with Crippen LogP contribution in [0.5, 0.6) is 0 Å². The van der Waals surface area contributed by atoms with Crippen LogP contribution < -0.4 is 4.90 Å². The Bertz CT molecular complexity index is 1140. The van der Waals surface area contributed by atoms with Crippen LogP contribution in [0.1, 0.15) is 22.7 Å². The first kappa shape index (κ1) is 18.6. The molecule has 0 radical (unpaired) electrons. The van der Waals surface area contributed by atoms with Gasteiger partial charge in [-0.3, -0.25) is 14.5 Å². The van der Waals surface area contributed by atoms with Gasteiger partial charge >= 0.3 is 0 Å². The molecular formula is C24H18FNO3. The molecule has 0 bridgehead atoms. The van der Waals surface area contributed by atoms with E-state index in [0.29, 0.717) is 11.3 Å². The highest BCUT2D eigenvalue weighted by Crippen LogP contribution is 2.42. The van der Waals surface area contributed by atoms with Crippen LogP contribution in [0.4, 0.5) is 10.1 Å². The maximum Gasteiger partial charge on any atom is 0.300 e. The molecule has 4 rings (SSSR count). The Morgan fingerprint density at radius 3 is 2.31 bits per heavy atom. The van der Waals surface area contributed by atoms with Crippen molar-refractivity contribution >= 4 is 23.1 Å². The number of rotatable bonds is 3. The fourth-order valence-corrected chi connectivity index (χ4v) is 3.62. The summed E-state index contributed by atoms with van der Waals surface area (Å²) in [7, 11) is 0. The minimum atomic E-state index is -1.07. The van der Waals surface area contributed by atoms with Crippen molar-refractivity contribution < 1.29 is 19.1 Å². The number of nitrogens with zero attached hydrogens (tertiary/aromatic N) is 1. The van der Waals surface area contributed by atoms with Gasteiger partial charge in [0, 0.05) is 16.8 Å². The molecule has 3 aromatic carbocycles. The van der Waals surface area contributed by atoms with Gasteiger partial charge in [0.2, 0.25) is 0 Å². The summed E-state index contributed by atoms with van der Waals surface area (Å²) < 4.78 is 14.7. The van der Waals surface area contributed by atoms with E-state index >= 15 is 0 Å². The number of carbonyl (C=O) groups is 2. The topological polar surface area (TPSA) is 57.6 Å². The number of amides is 1. The molecule has 1 heterocycles. The molecule has 0 spiro atoms. The van der Waals surface area contributed by atoms with Crippen LogP contribution in [0.25, 0.3) is 5.76 Å². The van der Waals surface area contributed by atoms with Gasteiger partial charge in [0.25, 0.3) is 11.7 Å². The largest absolute Gasteiger partial charge is 0.507 e. The molecule has 1 aliphatic rings. The molecule has 1 amide bonds. The van der Waals surface area contributed by atoms with E-state index in [1.807, 2.05) is 13.0 Å². The normalized spacial score (nSPS) is 18.3. The second-order valence-electron chi connectivity index (χ2n) is 6.90. The second-order valence-corrected chi connectivity index (χ2v) is 6.90. The van der Waals surface area contributed by atoms with E-state index < -0.39 is 23.5 Å². The van der Waals surface area contributed by atoms with Crippen LogP contribution in [-0.4, -0.2) is 16.8 Å². The van der Waals surface area contributed by atoms with Gasteiger partial charge in [-0.2, -0.15) is 0 Å². The van der Waals surface area contributed by atoms with Crippen LogP contribution >= 0.6 is 0 Å².